The molecule has 36 heavy (non-hydrogen) atoms. The minimum atomic E-state index is -0.631. The lowest BCUT2D eigenvalue weighted by Crippen LogP contribution is -2.25. The van der Waals surface area contributed by atoms with E-state index in [9.17, 15) is 4.79 Å². The first-order valence-corrected chi connectivity index (χ1v) is 14.1. The van der Waals surface area contributed by atoms with Crippen molar-refractivity contribution in [3.63, 3.8) is 0 Å². The molecule has 0 aliphatic rings. The molecule has 200 valence electrons. The molecule has 0 saturated heterocycles. The van der Waals surface area contributed by atoms with Crippen molar-refractivity contribution < 1.29 is 14.3 Å². The van der Waals surface area contributed by atoms with Gasteiger partial charge in [0.05, 0.1) is 0 Å². The van der Waals surface area contributed by atoms with Gasteiger partial charge < -0.3 is 19.3 Å². The summed E-state index contributed by atoms with van der Waals surface area (Å²) in [5.41, 5.74) is 4.34. The van der Waals surface area contributed by atoms with E-state index in [1.807, 2.05) is 24.3 Å². The van der Waals surface area contributed by atoms with E-state index in [1.165, 1.54) is 62.7 Å². The van der Waals surface area contributed by atoms with Gasteiger partial charge in [-0.2, -0.15) is 0 Å². The van der Waals surface area contributed by atoms with Gasteiger partial charge in [-0.05, 0) is 61.1 Å². The van der Waals surface area contributed by atoms with Crippen molar-refractivity contribution in [2.45, 2.75) is 92.3 Å². The van der Waals surface area contributed by atoms with Crippen molar-refractivity contribution in [2.24, 2.45) is 0 Å². The van der Waals surface area contributed by atoms with Crippen LogP contribution in [0.5, 0.6) is 0 Å². The van der Waals surface area contributed by atoms with Gasteiger partial charge in [0.25, 0.3) is 0 Å². The van der Waals surface area contributed by atoms with Crippen molar-refractivity contribution in [2.75, 3.05) is 36.0 Å². The van der Waals surface area contributed by atoms with Gasteiger partial charge in [-0.1, -0.05) is 77.6 Å². The van der Waals surface area contributed by atoms with Gasteiger partial charge in [-0.15, -0.1) is 0 Å². The van der Waals surface area contributed by atoms with Crippen LogP contribution in [0.25, 0.3) is 0 Å². The highest BCUT2D eigenvalue weighted by Gasteiger charge is 2.11. The summed E-state index contributed by atoms with van der Waals surface area (Å²) in [5, 5.41) is 0. The fourth-order valence-electron chi connectivity index (χ4n) is 4.15. The van der Waals surface area contributed by atoms with Crippen LogP contribution in [-0.2, 0) is 22.7 Å². The van der Waals surface area contributed by atoms with Crippen LogP contribution in [0, 0.1) is 0 Å². The van der Waals surface area contributed by atoms with Gasteiger partial charge in [0, 0.05) is 37.6 Å². The number of carbonyl (C=O) groups excluding carboxylic acids is 1. The van der Waals surface area contributed by atoms with E-state index >= 15 is 0 Å². The zero-order valence-electron chi connectivity index (χ0n) is 23.1. The lowest BCUT2D eigenvalue weighted by molar-refractivity contribution is 0.0446. The number of carbonyl (C=O) groups is 1. The summed E-state index contributed by atoms with van der Waals surface area (Å²) >= 11 is 0. The quantitative estimate of drug-likeness (QED) is 0.194. The molecule has 2 aromatic carbocycles. The lowest BCUT2D eigenvalue weighted by Gasteiger charge is -2.25. The van der Waals surface area contributed by atoms with Gasteiger partial charge in [0.1, 0.15) is 13.2 Å². The molecule has 0 heterocycles. The molecule has 0 aliphatic heterocycles. The van der Waals surface area contributed by atoms with Crippen LogP contribution in [0.2, 0.25) is 0 Å². The average molecular weight is 497 g/mol. The van der Waals surface area contributed by atoms with Crippen LogP contribution >= 0.6 is 0 Å². The predicted octanol–water partition coefficient (Wildman–Crippen LogP) is 8.35. The average Bonchev–Trinajstić information content (AvgIpc) is 2.91. The number of benzene rings is 2. The van der Waals surface area contributed by atoms with Crippen molar-refractivity contribution in [1.82, 2.24) is 0 Å². The molecule has 0 fully saturated rings. The SMILES string of the molecule is CCCCN(CCCC)c1cccc(COC(=O)OCc2cccc(N(CCCC)CCCC)c2)c1. The Morgan fingerprint density at radius 1 is 0.611 bits per heavy atom. The van der Waals surface area contributed by atoms with Crippen LogP contribution in [-0.4, -0.2) is 32.3 Å². The highest BCUT2D eigenvalue weighted by molar-refractivity contribution is 5.60. The number of anilines is 2. The highest BCUT2D eigenvalue weighted by atomic mass is 16.7. The Bertz CT molecular complexity index is 785. The van der Waals surface area contributed by atoms with Crippen molar-refractivity contribution in [3.05, 3.63) is 59.7 Å². The maximum absolute atomic E-state index is 12.3. The fourth-order valence-corrected chi connectivity index (χ4v) is 4.15. The predicted molar refractivity (Wildman–Crippen MR) is 152 cm³/mol. The van der Waals surface area contributed by atoms with Gasteiger partial charge in [-0.25, -0.2) is 4.79 Å². The number of hydrogen-bond donors (Lipinski definition) is 0. The Kier molecular flexibility index (Phi) is 14.5. The molecule has 0 spiro atoms. The molecule has 0 N–H and O–H groups in total. The minimum absolute atomic E-state index is 0.212. The van der Waals surface area contributed by atoms with Crippen molar-refractivity contribution in [1.29, 1.82) is 0 Å². The van der Waals surface area contributed by atoms with E-state index in [0.29, 0.717) is 0 Å². The normalized spacial score (nSPS) is 10.8. The van der Waals surface area contributed by atoms with Gasteiger partial charge >= 0.3 is 6.16 Å². The number of rotatable bonds is 18. The molecular weight excluding hydrogens is 448 g/mol. The first kappa shape index (κ1) is 29.5. The molecule has 0 amide bonds. The zero-order chi connectivity index (χ0) is 26.0. The van der Waals surface area contributed by atoms with Crippen LogP contribution in [0.4, 0.5) is 16.2 Å². The summed E-state index contributed by atoms with van der Waals surface area (Å²) in [6, 6.07) is 16.6. The molecule has 2 aromatic rings. The first-order valence-electron chi connectivity index (χ1n) is 14.1. The monoisotopic (exact) mass is 496 g/mol. The van der Waals surface area contributed by atoms with E-state index < -0.39 is 6.16 Å². The molecular formula is C31H48N2O3. The van der Waals surface area contributed by atoms with Crippen LogP contribution in [0.3, 0.4) is 0 Å². The molecule has 0 atom stereocenters. The van der Waals surface area contributed by atoms with Crippen LogP contribution < -0.4 is 9.80 Å². The van der Waals surface area contributed by atoms with Gasteiger partial charge in [0.2, 0.25) is 0 Å². The Morgan fingerprint density at radius 2 is 0.972 bits per heavy atom. The largest absolute Gasteiger partial charge is 0.508 e. The zero-order valence-corrected chi connectivity index (χ0v) is 23.1. The number of nitrogens with zero attached hydrogens (tertiary/aromatic N) is 2. The molecule has 0 radical (unpaired) electrons. The molecule has 5 nitrogen and oxygen atoms in total. The molecule has 0 bridgehead atoms. The maximum Gasteiger partial charge on any atom is 0.508 e. The number of hydrogen-bond acceptors (Lipinski definition) is 5. The third-order valence-electron chi connectivity index (χ3n) is 6.39. The Balaban J connectivity index is 1.90. The second kappa shape index (κ2) is 17.7. The Labute approximate surface area is 219 Å². The Morgan fingerprint density at radius 3 is 1.31 bits per heavy atom. The standard InChI is InChI=1S/C31H48N2O3/c1-5-9-19-32(20-10-6-2)29-17-13-15-27(23-29)25-35-31(34)36-26-28-16-14-18-30(24-28)33(21-11-7-3)22-12-8-4/h13-18,23-24H,5-12,19-22,25-26H2,1-4H3. The van der Waals surface area contributed by atoms with Gasteiger partial charge in [-0.3, -0.25) is 0 Å². The summed E-state index contributed by atoms with van der Waals surface area (Å²) in [7, 11) is 0. The van der Waals surface area contributed by atoms with E-state index in [1.54, 1.807) is 0 Å². The second-order valence-electron chi connectivity index (χ2n) is 9.56. The number of unbranched alkanes of at least 4 members (excludes halogenated alkanes) is 4. The molecule has 5 heteroatoms. The third-order valence-corrected chi connectivity index (χ3v) is 6.39. The lowest BCUT2D eigenvalue weighted by atomic mass is 10.1. The third kappa shape index (κ3) is 10.9. The fraction of sp³-hybridized carbons (Fsp3) is 0.581. The molecule has 0 aromatic heterocycles. The molecule has 2 rings (SSSR count). The van der Waals surface area contributed by atoms with Gasteiger partial charge in [0.15, 0.2) is 0 Å². The van der Waals surface area contributed by atoms with E-state index in [0.717, 1.165) is 37.3 Å². The summed E-state index contributed by atoms with van der Waals surface area (Å²) in [4.78, 5) is 17.2. The number of ether oxygens (including phenoxy) is 2. The highest BCUT2D eigenvalue weighted by Crippen LogP contribution is 2.20. The first-order chi connectivity index (χ1) is 17.6. The van der Waals surface area contributed by atoms with Crippen molar-refractivity contribution >= 4 is 17.5 Å². The molecule has 0 saturated carbocycles. The van der Waals surface area contributed by atoms with E-state index in [-0.39, 0.29) is 13.2 Å². The van der Waals surface area contributed by atoms with E-state index in [2.05, 4.69) is 61.8 Å². The summed E-state index contributed by atoms with van der Waals surface area (Å²) in [5.74, 6) is 0. The Hall–Kier alpha value is -2.69. The topological polar surface area (TPSA) is 42.0 Å². The smallest absolute Gasteiger partial charge is 0.429 e. The minimum Gasteiger partial charge on any atom is -0.429 e. The van der Waals surface area contributed by atoms with E-state index in [4.69, 9.17) is 9.47 Å². The summed E-state index contributed by atoms with van der Waals surface area (Å²) < 4.78 is 10.9. The van der Waals surface area contributed by atoms with Crippen LogP contribution in [0.1, 0.15) is 90.2 Å². The summed E-state index contributed by atoms with van der Waals surface area (Å²) in [6.07, 6.45) is 8.77. The molecule has 0 unspecified atom stereocenters. The van der Waals surface area contributed by atoms with Crippen molar-refractivity contribution in [3.8, 4) is 0 Å². The second-order valence-corrected chi connectivity index (χ2v) is 9.56. The van der Waals surface area contributed by atoms with Crippen LogP contribution in [0.15, 0.2) is 48.5 Å². The summed E-state index contributed by atoms with van der Waals surface area (Å²) in [6.45, 7) is 13.5. The molecule has 0 aliphatic carbocycles. The maximum atomic E-state index is 12.3.